The highest BCUT2D eigenvalue weighted by molar-refractivity contribution is 7.89. The number of sulfonamides is 1. The molecule has 1 saturated heterocycles. The fourth-order valence-corrected chi connectivity index (χ4v) is 6.31. The van der Waals surface area contributed by atoms with E-state index >= 15 is 0 Å². The summed E-state index contributed by atoms with van der Waals surface area (Å²) < 4.78 is 34.3. The smallest absolute Gasteiger partial charge is 0.247 e. The van der Waals surface area contributed by atoms with E-state index < -0.39 is 10.0 Å². The van der Waals surface area contributed by atoms with Crippen LogP contribution in [0.1, 0.15) is 44.6 Å². The van der Waals surface area contributed by atoms with Crippen LogP contribution in [0.2, 0.25) is 0 Å². The number of benzene rings is 1. The second-order valence-corrected chi connectivity index (χ2v) is 10.2. The van der Waals surface area contributed by atoms with Crippen molar-refractivity contribution in [1.29, 1.82) is 0 Å². The van der Waals surface area contributed by atoms with Gasteiger partial charge in [0.15, 0.2) is 0 Å². The van der Waals surface area contributed by atoms with Crippen LogP contribution >= 0.6 is 0 Å². The van der Waals surface area contributed by atoms with Gasteiger partial charge in [0, 0.05) is 32.2 Å². The summed E-state index contributed by atoms with van der Waals surface area (Å²) in [6.07, 6.45) is 4.69. The molecule has 1 heterocycles. The monoisotopic (exact) mass is 437 g/mol. The van der Waals surface area contributed by atoms with Crippen LogP contribution in [0.25, 0.3) is 0 Å². The van der Waals surface area contributed by atoms with Crippen LogP contribution in [0.5, 0.6) is 5.75 Å². The molecule has 7 nitrogen and oxygen atoms in total. The van der Waals surface area contributed by atoms with Crippen molar-refractivity contribution in [3.63, 3.8) is 0 Å². The van der Waals surface area contributed by atoms with E-state index in [-0.39, 0.29) is 23.4 Å². The highest BCUT2D eigenvalue weighted by atomic mass is 32.2. The van der Waals surface area contributed by atoms with E-state index in [0.29, 0.717) is 18.8 Å². The van der Waals surface area contributed by atoms with Gasteiger partial charge in [0.25, 0.3) is 0 Å². The van der Waals surface area contributed by atoms with Gasteiger partial charge in [-0.15, -0.1) is 0 Å². The first-order chi connectivity index (χ1) is 14.4. The minimum Gasteiger partial charge on any atom is -0.495 e. The van der Waals surface area contributed by atoms with E-state index in [4.69, 9.17) is 4.74 Å². The van der Waals surface area contributed by atoms with Crippen molar-refractivity contribution in [2.75, 3.05) is 46.4 Å². The zero-order valence-corrected chi connectivity index (χ0v) is 19.3. The van der Waals surface area contributed by atoms with Gasteiger partial charge >= 0.3 is 0 Å². The first-order valence-corrected chi connectivity index (χ1v) is 12.5. The predicted octanol–water partition coefficient (Wildman–Crippen LogP) is 2.49. The molecule has 0 atom stereocenters. The van der Waals surface area contributed by atoms with Crippen molar-refractivity contribution in [3.8, 4) is 5.75 Å². The highest BCUT2D eigenvalue weighted by Crippen LogP contribution is 2.32. The molecule has 168 valence electrons. The molecule has 1 aromatic rings. The van der Waals surface area contributed by atoms with Gasteiger partial charge in [-0.05, 0) is 44.0 Å². The summed E-state index contributed by atoms with van der Waals surface area (Å²) in [6.45, 7) is 7.83. The van der Waals surface area contributed by atoms with Crippen LogP contribution in [0, 0.1) is 6.92 Å². The quantitative estimate of drug-likeness (QED) is 0.656. The van der Waals surface area contributed by atoms with Crippen LogP contribution < -0.4 is 4.74 Å². The van der Waals surface area contributed by atoms with Crippen LogP contribution in [-0.2, 0) is 14.8 Å². The van der Waals surface area contributed by atoms with Crippen LogP contribution in [-0.4, -0.2) is 80.9 Å². The molecule has 0 aromatic heterocycles. The number of rotatable bonds is 7. The lowest BCUT2D eigenvalue weighted by Gasteiger charge is -2.37. The maximum absolute atomic E-state index is 13.7. The van der Waals surface area contributed by atoms with Crippen molar-refractivity contribution in [3.05, 3.63) is 23.8 Å². The molecule has 1 aromatic carbocycles. The van der Waals surface area contributed by atoms with E-state index in [1.165, 1.54) is 11.4 Å². The zero-order chi connectivity index (χ0) is 21.7. The molecule has 1 aliphatic heterocycles. The summed E-state index contributed by atoms with van der Waals surface area (Å²) in [5.74, 6) is 0.219. The molecular weight excluding hydrogens is 402 g/mol. The average molecular weight is 438 g/mol. The fraction of sp³-hybridized carbons (Fsp3) is 0.682. The van der Waals surface area contributed by atoms with Crippen molar-refractivity contribution in [2.24, 2.45) is 0 Å². The van der Waals surface area contributed by atoms with E-state index in [1.54, 1.807) is 12.1 Å². The lowest BCUT2D eigenvalue weighted by molar-refractivity contribution is -0.133. The van der Waals surface area contributed by atoms with E-state index in [0.717, 1.165) is 57.3 Å². The first kappa shape index (κ1) is 23.0. The van der Waals surface area contributed by atoms with E-state index in [2.05, 4.69) is 11.8 Å². The van der Waals surface area contributed by atoms with Crippen LogP contribution in [0.3, 0.4) is 0 Å². The number of methoxy groups -OCH3 is 1. The summed E-state index contributed by atoms with van der Waals surface area (Å²) in [4.78, 5) is 17.4. The minimum absolute atomic E-state index is 0.101. The van der Waals surface area contributed by atoms with Gasteiger partial charge in [0.05, 0.1) is 13.7 Å². The number of piperazine rings is 1. The van der Waals surface area contributed by atoms with Gasteiger partial charge in [-0.25, -0.2) is 8.42 Å². The zero-order valence-electron chi connectivity index (χ0n) is 18.5. The SMILES string of the molecule is CCN1CCN(C(=O)CN(C2CCCCC2)S(=O)(=O)c2cc(C)ccc2OC)CC1. The number of aryl methyl sites for hydroxylation is 1. The van der Waals surface area contributed by atoms with Crippen molar-refractivity contribution < 1.29 is 17.9 Å². The van der Waals surface area contributed by atoms with Crippen LogP contribution in [0.4, 0.5) is 0 Å². The Bertz CT molecular complexity index is 829. The number of ether oxygens (including phenoxy) is 1. The molecule has 2 aliphatic rings. The molecule has 0 spiro atoms. The molecule has 1 amide bonds. The van der Waals surface area contributed by atoms with E-state index in [1.807, 2.05) is 17.9 Å². The highest BCUT2D eigenvalue weighted by Gasteiger charge is 2.37. The molecule has 3 rings (SSSR count). The lowest BCUT2D eigenvalue weighted by Crippen LogP contribution is -2.53. The molecule has 0 N–H and O–H groups in total. The molecular formula is C22H35N3O4S. The number of hydrogen-bond donors (Lipinski definition) is 0. The number of likely N-dealkylation sites (N-methyl/N-ethyl adjacent to an activating group) is 1. The number of carbonyl (C=O) groups is 1. The van der Waals surface area contributed by atoms with Gasteiger partial charge in [-0.1, -0.05) is 32.3 Å². The molecule has 0 bridgehead atoms. The Morgan fingerprint density at radius 3 is 2.40 bits per heavy atom. The minimum atomic E-state index is -3.86. The molecule has 30 heavy (non-hydrogen) atoms. The number of amides is 1. The number of nitrogens with zero attached hydrogens (tertiary/aromatic N) is 3. The largest absolute Gasteiger partial charge is 0.495 e. The second-order valence-electron chi connectivity index (χ2n) is 8.31. The Morgan fingerprint density at radius 1 is 1.13 bits per heavy atom. The summed E-state index contributed by atoms with van der Waals surface area (Å²) in [5, 5.41) is 0. The standard InChI is InChI=1S/C22H35N3O4S/c1-4-23-12-14-24(15-13-23)22(26)17-25(19-8-6-5-7-9-19)30(27,28)21-16-18(2)10-11-20(21)29-3/h10-11,16,19H,4-9,12-15,17H2,1-3H3. The number of carbonyl (C=O) groups excluding carboxylic acids is 1. The Morgan fingerprint density at radius 2 is 1.80 bits per heavy atom. The lowest BCUT2D eigenvalue weighted by atomic mass is 9.95. The summed E-state index contributed by atoms with van der Waals surface area (Å²) in [6, 6.07) is 5.03. The first-order valence-electron chi connectivity index (χ1n) is 11.0. The van der Waals surface area contributed by atoms with Crippen molar-refractivity contribution in [1.82, 2.24) is 14.1 Å². The predicted molar refractivity (Wildman–Crippen MR) is 117 cm³/mol. The third-order valence-electron chi connectivity index (χ3n) is 6.35. The summed E-state index contributed by atoms with van der Waals surface area (Å²) in [5.41, 5.74) is 0.847. The van der Waals surface area contributed by atoms with E-state index in [9.17, 15) is 13.2 Å². The van der Waals surface area contributed by atoms with Gasteiger partial charge in [0.2, 0.25) is 15.9 Å². The Labute approximate surface area is 181 Å². The molecule has 1 aliphatic carbocycles. The van der Waals surface area contributed by atoms with Gasteiger partial charge < -0.3 is 14.5 Å². The molecule has 0 radical (unpaired) electrons. The van der Waals surface area contributed by atoms with Gasteiger partial charge in [0.1, 0.15) is 10.6 Å². The van der Waals surface area contributed by atoms with Gasteiger partial charge in [-0.2, -0.15) is 4.31 Å². The normalized spacial score (nSPS) is 19.3. The fourth-order valence-electron chi connectivity index (χ4n) is 4.44. The third kappa shape index (κ3) is 5.15. The molecule has 1 saturated carbocycles. The Hall–Kier alpha value is -1.64. The molecule has 8 heteroatoms. The van der Waals surface area contributed by atoms with Crippen molar-refractivity contribution in [2.45, 2.75) is 56.9 Å². The second kappa shape index (κ2) is 10.1. The molecule has 0 unspecified atom stereocenters. The average Bonchev–Trinajstić information content (AvgIpc) is 2.77. The molecule has 2 fully saturated rings. The van der Waals surface area contributed by atoms with Crippen LogP contribution in [0.15, 0.2) is 23.1 Å². The topological polar surface area (TPSA) is 70.2 Å². The maximum Gasteiger partial charge on any atom is 0.247 e. The van der Waals surface area contributed by atoms with Gasteiger partial charge in [-0.3, -0.25) is 4.79 Å². The third-order valence-corrected chi connectivity index (χ3v) is 8.27. The summed E-state index contributed by atoms with van der Waals surface area (Å²) >= 11 is 0. The van der Waals surface area contributed by atoms with Crippen molar-refractivity contribution >= 4 is 15.9 Å². The number of hydrogen-bond acceptors (Lipinski definition) is 5. The summed E-state index contributed by atoms with van der Waals surface area (Å²) in [7, 11) is -2.39. The Balaban J connectivity index is 1.87. The maximum atomic E-state index is 13.7. The Kier molecular flexibility index (Phi) is 7.76.